The maximum atomic E-state index is 4.65. The lowest BCUT2D eigenvalue weighted by Gasteiger charge is -2.29. The number of hydrogen-bond acceptors (Lipinski definition) is 2. The van der Waals surface area contributed by atoms with Gasteiger partial charge in [0.05, 0.1) is 10.8 Å². The maximum absolute atomic E-state index is 4.65. The smallest absolute Gasteiger partial charge is 0.0739 e. The van der Waals surface area contributed by atoms with Gasteiger partial charge in [0.15, 0.2) is 0 Å². The zero-order chi connectivity index (χ0) is 18.2. The highest BCUT2D eigenvalue weighted by atomic mass is 32.1. The Hall–Kier alpha value is -1.76. The predicted molar refractivity (Wildman–Crippen MR) is 115 cm³/mol. The number of thiocarbonyl (C=S) groups is 1. The van der Waals surface area contributed by atoms with E-state index in [1.54, 1.807) is 0 Å². The molecule has 1 aliphatic carbocycles. The molecule has 136 valence electrons. The summed E-state index contributed by atoms with van der Waals surface area (Å²) in [5.41, 5.74) is 4.86. The van der Waals surface area contributed by atoms with E-state index in [0.29, 0.717) is 0 Å². The van der Waals surface area contributed by atoms with Crippen molar-refractivity contribution in [1.29, 1.82) is 0 Å². The molecule has 0 atom stereocenters. The van der Waals surface area contributed by atoms with Gasteiger partial charge < -0.3 is 0 Å². The lowest BCUT2D eigenvalue weighted by Crippen LogP contribution is -2.13. The molecular formula is C24H29NS. The first kappa shape index (κ1) is 19.0. The standard InChI is InChI=1S/C24H29NS/c1-2-3-4-5-19-6-8-20(9-7-19)21-10-12-22(13-11-21)23-14-16-24(17-15-23)25-18-26/h10-17,19-20H,2-9H2,1H3/t19-,20-. The summed E-state index contributed by atoms with van der Waals surface area (Å²) >= 11 is 4.65. The third kappa shape index (κ3) is 5.13. The van der Waals surface area contributed by atoms with Crippen molar-refractivity contribution in [2.24, 2.45) is 10.9 Å². The van der Waals surface area contributed by atoms with E-state index in [1.165, 1.54) is 68.1 Å². The largest absolute Gasteiger partial charge is 0.195 e. The average Bonchev–Trinajstić information content (AvgIpc) is 2.70. The van der Waals surface area contributed by atoms with Crippen LogP contribution in [0.25, 0.3) is 11.1 Å². The van der Waals surface area contributed by atoms with Crippen molar-refractivity contribution in [2.75, 3.05) is 0 Å². The minimum absolute atomic E-state index is 0.755. The fourth-order valence-electron chi connectivity index (χ4n) is 4.20. The van der Waals surface area contributed by atoms with Crippen LogP contribution in [0.15, 0.2) is 53.5 Å². The summed E-state index contributed by atoms with van der Waals surface area (Å²) in [7, 11) is 0. The Balaban J connectivity index is 1.57. The molecule has 1 aliphatic rings. The van der Waals surface area contributed by atoms with Crippen molar-refractivity contribution in [3.63, 3.8) is 0 Å². The zero-order valence-corrected chi connectivity index (χ0v) is 16.6. The van der Waals surface area contributed by atoms with Crippen molar-refractivity contribution in [3.8, 4) is 11.1 Å². The molecule has 0 unspecified atom stereocenters. The molecule has 0 spiro atoms. The minimum Gasteiger partial charge on any atom is -0.195 e. The van der Waals surface area contributed by atoms with Gasteiger partial charge in [0.25, 0.3) is 0 Å². The van der Waals surface area contributed by atoms with Gasteiger partial charge in [-0.15, -0.1) is 0 Å². The highest BCUT2D eigenvalue weighted by Gasteiger charge is 2.21. The van der Waals surface area contributed by atoms with Gasteiger partial charge in [0.1, 0.15) is 0 Å². The molecule has 0 bridgehead atoms. The predicted octanol–water partition coefficient (Wildman–Crippen LogP) is 7.94. The Bertz CT molecular complexity index is 718. The fraction of sp³-hybridized carbons (Fsp3) is 0.458. The van der Waals surface area contributed by atoms with Crippen molar-refractivity contribution in [3.05, 3.63) is 54.1 Å². The summed E-state index contributed by atoms with van der Waals surface area (Å²) in [4.78, 5) is 4.01. The van der Waals surface area contributed by atoms with Crippen LogP contribution in [0.5, 0.6) is 0 Å². The van der Waals surface area contributed by atoms with Crippen LogP contribution >= 0.6 is 12.2 Å². The second-order valence-electron chi connectivity index (χ2n) is 7.59. The van der Waals surface area contributed by atoms with Crippen LogP contribution in [0.1, 0.15) is 69.8 Å². The van der Waals surface area contributed by atoms with E-state index in [2.05, 4.69) is 65.7 Å². The van der Waals surface area contributed by atoms with Gasteiger partial charge >= 0.3 is 0 Å². The molecule has 26 heavy (non-hydrogen) atoms. The third-order valence-corrected chi connectivity index (χ3v) is 5.91. The van der Waals surface area contributed by atoms with Crippen LogP contribution < -0.4 is 0 Å². The summed E-state index contributed by atoms with van der Waals surface area (Å²) < 4.78 is 0. The van der Waals surface area contributed by atoms with E-state index >= 15 is 0 Å². The molecule has 0 aliphatic heterocycles. The molecule has 0 heterocycles. The Morgan fingerprint density at radius 3 is 2.08 bits per heavy atom. The summed E-state index contributed by atoms with van der Waals surface area (Å²) in [6.45, 7) is 2.29. The number of unbranched alkanes of at least 4 members (excludes halogenated alkanes) is 2. The normalized spacial score (nSPS) is 19.7. The van der Waals surface area contributed by atoms with Crippen LogP contribution in [-0.2, 0) is 0 Å². The van der Waals surface area contributed by atoms with Crippen molar-refractivity contribution in [2.45, 2.75) is 64.2 Å². The highest BCUT2D eigenvalue weighted by Crippen LogP contribution is 2.38. The molecule has 1 nitrogen and oxygen atoms in total. The van der Waals surface area contributed by atoms with Crippen molar-refractivity contribution < 1.29 is 0 Å². The lowest BCUT2D eigenvalue weighted by atomic mass is 9.77. The number of isothiocyanates is 1. The molecule has 1 saturated carbocycles. The van der Waals surface area contributed by atoms with Crippen LogP contribution in [0.2, 0.25) is 0 Å². The van der Waals surface area contributed by atoms with E-state index in [4.69, 9.17) is 0 Å². The van der Waals surface area contributed by atoms with Gasteiger partial charge in [-0.25, -0.2) is 0 Å². The van der Waals surface area contributed by atoms with E-state index in [0.717, 1.165) is 17.5 Å². The second-order valence-corrected chi connectivity index (χ2v) is 7.77. The quantitative estimate of drug-likeness (QED) is 0.276. The summed E-state index contributed by atoms with van der Waals surface area (Å²) in [6, 6.07) is 17.4. The topological polar surface area (TPSA) is 12.4 Å². The zero-order valence-electron chi connectivity index (χ0n) is 15.8. The molecule has 1 fully saturated rings. The minimum atomic E-state index is 0.755. The lowest BCUT2D eigenvalue weighted by molar-refractivity contribution is 0.303. The van der Waals surface area contributed by atoms with E-state index in [-0.39, 0.29) is 0 Å². The Morgan fingerprint density at radius 2 is 1.50 bits per heavy atom. The maximum Gasteiger partial charge on any atom is 0.0739 e. The van der Waals surface area contributed by atoms with Gasteiger partial charge in [-0.1, -0.05) is 69.0 Å². The first-order chi connectivity index (χ1) is 12.8. The number of hydrogen-bond donors (Lipinski definition) is 0. The Kier molecular flexibility index (Phi) is 7.17. The summed E-state index contributed by atoms with van der Waals surface area (Å²) in [5, 5.41) is 2.41. The molecule has 0 aromatic heterocycles. The molecule has 0 saturated heterocycles. The number of rotatable bonds is 7. The Labute approximate surface area is 163 Å². The van der Waals surface area contributed by atoms with Crippen molar-refractivity contribution in [1.82, 2.24) is 0 Å². The molecule has 0 amide bonds. The summed E-state index contributed by atoms with van der Waals surface area (Å²) in [5.74, 6) is 1.73. The molecule has 2 aromatic rings. The van der Waals surface area contributed by atoms with Gasteiger partial charge in [-0.3, -0.25) is 0 Å². The Morgan fingerprint density at radius 1 is 0.885 bits per heavy atom. The SMILES string of the molecule is CCCCC[C@H]1CC[C@H](c2ccc(-c3ccc(N=C=S)cc3)cc2)CC1. The van der Waals surface area contributed by atoms with E-state index in [9.17, 15) is 0 Å². The monoisotopic (exact) mass is 363 g/mol. The molecule has 2 heteroatoms. The van der Waals surface area contributed by atoms with Gasteiger partial charge in [-0.05, 0) is 78.6 Å². The van der Waals surface area contributed by atoms with Crippen LogP contribution in [-0.4, -0.2) is 5.16 Å². The number of nitrogens with zero attached hydrogens (tertiary/aromatic N) is 1. The van der Waals surface area contributed by atoms with E-state index < -0.39 is 0 Å². The van der Waals surface area contributed by atoms with E-state index in [1.807, 2.05) is 12.1 Å². The molecule has 0 N–H and O–H groups in total. The summed E-state index contributed by atoms with van der Waals surface area (Å²) in [6.07, 6.45) is 11.2. The first-order valence-corrected chi connectivity index (χ1v) is 10.5. The van der Waals surface area contributed by atoms with Gasteiger partial charge in [0.2, 0.25) is 0 Å². The first-order valence-electron chi connectivity index (χ1n) is 10.1. The van der Waals surface area contributed by atoms with Gasteiger partial charge in [-0.2, -0.15) is 4.99 Å². The van der Waals surface area contributed by atoms with Crippen LogP contribution in [0, 0.1) is 5.92 Å². The molecule has 2 aromatic carbocycles. The number of benzene rings is 2. The molecule has 0 radical (unpaired) electrons. The second kappa shape index (κ2) is 9.80. The van der Waals surface area contributed by atoms with Crippen LogP contribution in [0.3, 0.4) is 0 Å². The third-order valence-electron chi connectivity index (χ3n) is 5.82. The van der Waals surface area contributed by atoms with Gasteiger partial charge in [0, 0.05) is 0 Å². The highest BCUT2D eigenvalue weighted by molar-refractivity contribution is 7.78. The van der Waals surface area contributed by atoms with Crippen molar-refractivity contribution >= 4 is 23.1 Å². The molecular weight excluding hydrogens is 334 g/mol. The number of aliphatic imine (C=N–C) groups is 1. The fourth-order valence-corrected chi connectivity index (χ4v) is 4.30. The van der Waals surface area contributed by atoms with Crippen LogP contribution in [0.4, 0.5) is 5.69 Å². The molecule has 3 rings (SSSR count). The average molecular weight is 364 g/mol.